The van der Waals surface area contributed by atoms with Crippen molar-refractivity contribution >= 4 is 46.7 Å². The molecule has 0 aliphatic carbocycles. The van der Waals surface area contributed by atoms with Crippen molar-refractivity contribution in [1.82, 2.24) is 14.5 Å². The predicted octanol–water partition coefficient (Wildman–Crippen LogP) is 4.76. The quantitative estimate of drug-likeness (QED) is 0.0740. The maximum Gasteiger partial charge on any atom is 0.519 e. The van der Waals surface area contributed by atoms with Crippen LogP contribution < -0.4 is 21.8 Å². The number of hydrogen-bond donors (Lipinski definition) is 2. The van der Waals surface area contributed by atoms with Gasteiger partial charge in [-0.15, -0.1) is 0 Å². The van der Waals surface area contributed by atoms with Crippen LogP contribution in [-0.4, -0.2) is 58.9 Å². The number of carbonyl (C=O) groups is 3. The fourth-order valence-electron chi connectivity index (χ4n) is 4.68. The highest BCUT2D eigenvalue weighted by Crippen LogP contribution is 2.21. The van der Waals surface area contributed by atoms with Gasteiger partial charge >= 0.3 is 11.8 Å². The Hall–Kier alpha value is -6.09. The molecule has 3 N–H and O–H groups in total. The van der Waals surface area contributed by atoms with Crippen molar-refractivity contribution in [2.75, 3.05) is 30.5 Å². The van der Waals surface area contributed by atoms with Crippen molar-refractivity contribution in [3.8, 4) is 0 Å². The number of nitrogens with one attached hydrogen (secondary N) is 1. The first-order valence-electron chi connectivity index (χ1n) is 16.2. The molecule has 0 radical (unpaired) electrons. The van der Waals surface area contributed by atoms with Crippen LogP contribution in [0.4, 0.5) is 11.5 Å². The maximum atomic E-state index is 13.5. The molecule has 15 nitrogen and oxygen atoms in total. The zero-order valence-electron chi connectivity index (χ0n) is 29.5. The molecule has 15 heteroatoms. The van der Waals surface area contributed by atoms with E-state index in [1.165, 1.54) is 12.0 Å². The fraction of sp³-hybridized carbons (Fsp3) is 0.306. The summed E-state index contributed by atoms with van der Waals surface area (Å²) in [5.41, 5.74) is 9.20. The number of esters is 1. The van der Waals surface area contributed by atoms with Gasteiger partial charge in [0.1, 0.15) is 29.8 Å². The topological polar surface area (TPSA) is 197 Å². The molecule has 2 aromatic carbocycles. The number of pyridine rings is 1. The van der Waals surface area contributed by atoms with Gasteiger partial charge in [0.15, 0.2) is 5.76 Å². The maximum absolute atomic E-state index is 13.5. The number of rotatable bonds is 13. The van der Waals surface area contributed by atoms with Gasteiger partial charge < -0.3 is 33.9 Å². The number of ether oxygens (including phenoxy) is 2. The summed E-state index contributed by atoms with van der Waals surface area (Å²) in [6.45, 7) is 8.52. The minimum atomic E-state index is -0.676. The van der Waals surface area contributed by atoms with Crippen LogP contribution in [0.15, 0.2) is 85.5 Å². The van der Waals surface area contributed by atoms with Crippen LogP contribution in [0.5, 0.6) is 0 Å². The van der Waals surface area contributed by atoms with E-state index in [0.717, 1.165) is 17.0 Å². The summed E-state index contributed by atoms with van der Waals surface area (Å²) in [6.07, 6.45) is 2.06. The van der Waals surface area contributed by atoms with Gasteiger partial charge in [-0.1, -0.05) is 19.9 Å². The Balaban J connectivity index is 0.000000499. The van der Waals surface area contributed by atoms with Gasteiger partial charge in [-0.3, -0.25) is 19.3 Å². The number of nitrogens with zero attached hydrogens (tertiary/aromatic N) is 5. The molecule has 3 aromatic heterocycles. The molecule has 0 saturated heterocycles. The highest BCUT2D eigenvalue weighted by molar-refractivity contribution is 6.07. The molecular formula is C36H43N7O8. The summed E-state index contributed by atoms with van der Waals surface area (Å²) in [5, 5.41) is 3.31. The number of benzene rings is 2. The number of aromatic nitrogens is 3. The number of amides is 2. The number of amidine groups is 1. The smallest absolute Gasteiger partial charge is 0.466 e. The largest absolute Gasteiger partial charge is 0.519 e. The number of aliphatic imine (C=N–C) groups is 1. The Kier molecular flexibility index (Phi) is 15.3. The number of methoxy groups -OCH3 is 1. The lowest BCUT2D eigenvalue weighted by atomic mass is 10.1. The number of hydrogen-bond acceptors (Lipinski definition) is 11. The Morgan fingerprint density at radius 3 is 2.41 bits per heavy atom. The third kappa shape index (κ3) is 11.0. The molecule has 0 saturated carbocycles. The summed E-state index contributed by atoms with van der Waals surface area (Å²) in [6, 6.07) is 17.8. The minimum Gasteiger partial charge on any atom is -0.466 e. The third-order valence-electron chi connectivity index (χ3n) is 7.17. The molecule has 5 aromatic rings. The summed E-state index contributed by atoms with van der Waals surface area (Å²) >= 11 is 0. The van der Waals surface area contributed by atoms with Crippen LogP contribution in [0, 0.1) is 6.92 Å². The van der Waals surface area contributed by atoms with Crippen LogP contribution in [0.25, 0.3) is 11.0 Å². The first kappa shape index (κ1) is 39.3. The number of nitrogens with two attached hydrogens (primary N) is 1. The molecule has 0 atom stereocenters. The van der Waals surface area contributed by atoms with E-state index in [2.05, 4.69) is 24.1 Å². The fourth-order valence-corrected chi connectivity index (χ4v) is 4.68. The summed E-state index contributed by atoms with van der Waals surface area (Å²) in [5.74, 6) is 0.953. The lowest BCUT2D eigenvalue weighted by Crippen LogP contribution is -2.34. The van der Waals surface area contributed by atoms with Crippen LogP contribution in [0.1, 0.15) is 60.5 Å². The summed E-state index contributed by atoms with van der Waals surface area (Å²) < 4.78 is 20.9. The van der Waals surface area contributed by atoms with Gasteiger partial charge in [-0.2, -0.15) is 4.99 Å². The zero-order valence-corrected chi connectivity index (χ0v) is 29.5. The molecule has 3 heterocycles. The average molecular weight is 702 g/mol. The first-order chi connectivity index (χ1) is 24.6. The highest BCUT2D eigenvalue weighted by atomic mass is 16.6. The summed E-state index contributed by atoms with van der Waals surface area (Å²) in [7, 11) is 3.43. The predicted molar refractivity (Wildman–Crippen MR) is 192 cm³/mol. The zero-order chi connectivity index (χ0) is 37.3. The van der Waals surface area contributed by atoms with Crippen molar-refractivity contribution < 1.29 is 32.7 Å². The van der Waals surface area contributed by atoms with E-state index in [1.54, 1.807) is 62.5 Å². The van der Waals surface area contributed by atoms with Crippen LogP contribution in [0.3, 0.4) is 0 Å². The number of fused-ring (bicyclic) bond motifs is 1. The number of imidazole rings is 1. The van der Waals surface area contributed by atoms with E-state index in [1.807, 2.05) is 43.7 Å². The summed E-state index contributed by atoms with van der Waals surface area (Å²) in [4.78, 5) is 60.5. The molecule has 0 fully saturated rings. The Morgan fingerprint density at radius 1 is 1.08 bits per heavy atom. The molecule has 0 aliphatic heterocycles. The first-order valence-corrected chi connectivity index (χ1v) is 16.2. The van der Waals surface area contributed by atoms with Crippen molar-refractivity contribution in [2.24, 2.45) is 17.8 Å². The second kappa shape index (κ2) is 19.8. The standard InChI is InChI=1S/C28H29N7O4.C6H8O4.C2H6/c1-3-39-26(37)13-15-35(24-6-4-5-14-30-24)28(38)20-9-12-23-22(16-20)33-25(34(23)2)17-31-21-10-7-19(8-11-21)27(29)32-18-36;1-4-5(3-8-2)10-6(7)9-4;1-2/h4-12,14,16,18,31H,3,13,15,17H2,1-2H3,(H2,29,32,36);3H2,1-2H3;1-2H3. The van der Waals surface area contributed by atoms with E-state index in [4.69, 9.17) is 20.2 Å². The van der Waals surface area contributed by atoms with E-state index < -0.39 is 5.82 Å². The normalized spacial score (nSPS) is 10.7. The van der Waals surface area contributed by atoms with Gasteiger partial charge in [-0.25, -0.2) is 14.8 Å². The molecule has 5 rings (SSSR count). The second-order valence-electron chi connectivity index (χ2n) is 10.4. The Morgan fingerprint density at radius 2 is 1.80 bits per heavy atom. The highest BCUT2D eigenvalue weighted by Gasteiger charge is 2.21. The van der Waals surface area contributed by atoms with Crippen LogP contribution in [0.2, 0.25) is 0 Å². The minimum absolute atomic E-state index is 0.0509. The molecule has 270 valence electrons. The second-order valence-corrected chi connectivity index (χ2v) is 10.4. The van der Waals surface area contributed by atoms with Crippen molar-refractivity contribution in [2.45, 2.75) is 47.3 Å². The van der Waals surface area contributed by atoms with Gasteiger partial charge in [0.25, 0.3) is 5.91 Å². The van der Waals surface area contributed by atoms with Gasteiger partial charge in [0.05, 0.1) is 30.6 Å². The Labute approximate surface area is 295 Å². The molecule has 0 unspecified atom stereocenters. The van der Waals surface area contributed by atoms with E-state index in [-0.39, 0.29) is 43.9 Å². The average Bonchev–Trinajstić information content (AvgIpc) is 3.64. The molecular weight excluding hydrogens is 658 g/mol. The molecule has 2 amide bonds. The van der Waals surface area contributed by atoms with Crippen molar-refractivity contribution in [3.63, 3.8) is 0 Å². The van der Waals surface area contributed by atoms with Gasteiger partial charge in [0, 0.05) is 43.7 Å². The Bertz CT molecular complexity index is 1970. The molecule has 51 heavy (non-hydrogen) atoms. The number of carbonyl (C=O) groups excluding carboxylic acids is 3. The van der Waals surface area contributed by atoms with E-state index >= 15 is 0 Å². The van der Waals surface area contributed by atoms with Crippen LogP contribution >= 0.6 is 0 Å². The monoisotopic (exact) mass is 701 g/mol. The van der Waals surface area contributed by atoms with Crippen molar-refractivity contribution in [1.29, 1.82) is 0 Å². The van der Waals surface area contributed by atoms with E-state index in [0.29, 0.717) is 46.9 Å². The van der Waals surface area contributed by atoms with Gasteiger partial charge in [0.2, 0.25) is 6.41 Å². The molecule has 0 aliphatic rings. The number of anilines is 2. The lowest BCUT2D eigenvalue weighted by molar-refractivity contribution is -0.142. The van der Waals surface area contributed by atoms with Crippen molar-refractivity contribution in [3.05, 3.63) is 106 Å². The lowest BCUT2D eigenvalue weighted by Gasteiger charge is -2.21. The van der Waals surface area contributed by atoms with Crippen LogP contribution in [-0.2, 0) is 39.3 Å². The van der Waals surface area contributed by atoms with Gasteiger partial charge in [-0.05, 0) is 68.4 Å². The molecule has 0 bridgehead atoms. The van der Waals surface area contributed by atoms with E-state index in [9.17, 15) is 19.2 Å². The number of aryl methyl sites for hydroxylation is 2. The molecule has 0 spiro atoms. The third-order valence-corrected chi connectivity index (χ3v) is 7.17. The SMILES string of the molecule is CC.CCOC(=O)CCN(C(=O)c1ccc2c(c1)nc(CNc1ccc(C(N)=NC=O)cc1)n2C)c1ccccn1.COCc1oc(=O)oc1C.